The molecule has 2 heteroatoms. The standard InChI is InChI=1S/C19H22N2/c1-14-6-7-16(12-15(14)2)13-21-11-9-18-5-3-4-17(8-10-20)19(18)21/h3-7,9,11-12H,8,10,13,20H2,1-2H3. The Hall–Kier alpha value is -2.06. The van der Waals surface area contributed by atoms with Crippen LogP contribution in [-0.2, 0) is 13.0 Å². The first-order valence-corrected chi connectivity index (χ1v) is 7.52. The summed E-state index contributed by atoms with van der Waals surface area (Å²) in [7, 11) is 0. The number of aromatic nitrogens is 1. The highest BCUT2D eigenvalue weighted by molar-refractivity contribution is 5.83. The Balaban J connectivity index is 2.02. The average molecular weight is 278 g/mol. The van der Waals surface area contributed by atoms with E-state index in [1.807, 2.05) is 0 Å². The molecule has 108 valence electrons. The van der Waals surface area contributed by atoms with Gasteiger partial charge in [0.2, 0.25) is 0 Å². The molecular weight excluding hydrogens is 256 g/mol. The number of nitrogens with zero attached hydrogens (tertiary/aromatic N) is 1. The van der Waals surface area contributed by atoms with Crippen LogP contribution in [0.15, 0.2) is 48.7 Å². The smallest absolute Gasteiger partial charge is 0.0516 e. The first-order valence-electron chi connectivity index (χ1n) is 7.52. The molecule has 0 aliphatic carbocycles. The molecular formula is C19H22N2. The van der Waals surface area contributed by atoms with Gasteiger partial charge in [-0.15, -0.1) is 0 Å². The van der Waals surface area contributed by atoms with Crippen LogP contribution in [0, 0.1) is 13.8 Å². The van der Waals surface area contributed by atoms with Gasteiger partial charge in [0.1, 0.15) is 0 Å². The van der Waals surface area contributed by atoms with Crippen molar-refractivity contribution >= 4 is 10.9 Å². The predicted molar refractivity (Wildman–Crippen MR) is 89.7 cm³/mol. The number of hydrogen-bond acceptors (Lipinski definition) is 1. The van der Waals surface area contributed by atoms with Crippen molar-refractivity contribution in [2.45, 2.75) is 26.8 Å². The van der Waals surface area contributed by atoms with Gasteiger partial charge in [-0.2, -0.15) is 0 Å². The van der Waals surface area contributed by atoms with Gasteiger partial charge in [0.25, 0.3) is 0 Å². The van der Waals surface area contributed by atoms with Crippen molar-refractivity contribution in [3.8, 4) is 0 Å². The van der Waals surface area contributed by atoms with Crippen LogP contribution in [0.25, 0.3) is 10.9 Å². The first-order chi connectivity index (χ1) is 10.2. The summed E-state index contributed by atoms with van der Waals surface area (Å²) >= 11 is 0. The van der Waals surface area contributed by atoms with Crippen molar-refractivity contribution in [1.82, 2.24) is 4.57 Å². The lowest BCUT2D eigenvalue weighted by Crippen LogP contribution is -2.06. The van der Waals surface area contributed by atoms with Crippen LogP contribution in [0.4, 0.5) is 0 Å². The molecule has 1 aromatic heterocycles. The maximum atomic E-state index is 5.75. The third-order valence-corrected chi connectivity index (χ3v) is 4.21. The summed E-state index contributed by atoms with van der Waals surface area (Å²) in [6.45, 7) is 5.93. The zero-order chi connectivity index (χ0) is 14.8. The maximum Gasteiger partial charge on any atom is 0.0516 e. The van der Waals surface area contributed by atoms with Gasteiger partial charge in [-0.25, -0.2) is 0 Å². The van der Waals surface area contributed by atoms with Crippen LogP contribution in [0.1, 0.15) is 22.3 Å². The Morgan fingerprint density at radius 3 is 2.62 bits per heavy atom. The van der Waals surface area contributed by atoms with Crippen molar-refractivity contribution in [3.63, 3.8) is 0 Å². The van der Waals surface area contributed by atoms with E-state index in [0.717, 1.165) is 13.0 Å². The van der Waals surface area contributed by atoms with Gasteiger partial charge in [0.15, 0.2) is 0 Å². The van der Waals surface area contributed by atoms with Gasteiger partial charge >= 0.3 is 0 Å². The first kappa shape index (κ1) is 13.9. The molecule has 0 atom stereocenters. The van der Waals surface area contributed by atoms with E-state index in [1.54, 1.807) is 0 Å². The van der Waals surface area contributed by atoms with Crippen LogP contribution in [-0.4, -0.2) is 11.1 Å². The van der Waals surface area contributed by atoms with Crippen LogP contribution in [0.3, 0.4) is 0 Å². The van der Waals surface area contributed by atoms with E-state index in [0.29, 0.717) is 6.54 Å². The molecule has 21 heavy (non-hydrogen) atoms. The Morgan fingerprint density at radius 2 is 1.86 bits per heavy atom. The van der Waals surface area contributed by atoms with Gasteiger partial charge in [0, 0.05) is 12.7 Å². The van der Waals surface area contributed by atoms with Crippen molar-refractivity contribution < 1.29 is 0 Å². The van der Waals surface area contributed by atoms with Crippen molar-refractivity contribution in [2.24, 2.45) is 5.73 Å². The molecule has 2 N–H and O–H groups in total. The second kappa shape index (κ2) is 5.74. The van der Waals surface area contributed by atoms with E-state index >= 15 is 0 Å². The van der Waals surface area contributed by atoms with Gasteiger partial charge in [-0.3, -0.25) is 0 Å². The highest BCUT2D eigenvalue weighted by atomic mass is 15.0. The van der Waals surface area contributed by atoms with Gasteiger partial charge in [0.05, 0.1) is 5.52 Å². The number of benzene rings is 2. The van der Waals surface area contributed by atoms with Crippen LogP contribution >= 0.6 is 0 Å². The lowest BCUT2D eigenvalue weighted by Gasteiger charge is -2.11. The Kier molecular flexibility index (Phi) is 3.80. The molecule has 0 amide bonds. The summed E-state index contributed by atoms with van der Waals surface area (Å²) in [5.74, 6) is 0. The summed E-state index contributed by atoms with van der Waals surface area (Å²) in [6, 6.07) is 15.4. The molecule has 1 heterocycles. The fourth-order valence-corrected chi connectivity index (χ4v) is 2.93. The van der Waals surface area contributed by atoms with Crippen LogP contribution < -0.4 is 5.73 Å². The quantitative estimate of drug-likeness (QED) is 0.773. The van der Waals surface area contributed by atoms with E-state index in [-0.39, 0.29) is 0 Å². The summed E-state index contributed by atoms with van der Waals surface area (Å²) in [4.78, 5) is 0. The van der Waals surface area contributed by atoms with Gasteiger partial charge < -0.3 is 10.3 Å². The highest BCUT2D eigenvalue weighted by Gasteiger charge is 2.07. The van der Waals surface area contributed by atoms with Crippen molar-refractivity contribution in [3.05, 3.63) is 70.9 Å². The number of nitrogens with two attached hydrogens (primary N) is 1. The van der Waals surface area contributed by atoms with Gasteiger partial charge in [-0.1, -0.05) is 36.4 Å². The minimum Gasteiger partial charge on any atom is -0.343 e. The number of fused-ring (bicyclic) bond motifs is 1. The fourth-order valence-electron chi connectivity index (χ4n) is 2.93. The minimum absolute atomic E-state index is 0.688. The molecule has 3 rings (SSSR count). The molecule has 0 unspecified atom stereocenters. The Bertz CT molecular complexity index is 768. The Morgan fingerprint density at radius 1 is 1.00 bits per heavy atom. The highest BCUT2D eigenvalue weighted by Crippen LogP contribution is 2.22. The maximum absolute atomic E-state index is 5.75. The monoisotopic (exact) mass is 278 g/mol. The number of aryl methyl sites for hydroxylation is 2. The van der Waals surface area contributed by atoms with Crippen LogP contribution in [0.2, 0.25) is 0 Å². The molecule has 0 saturated carbocycles. The van der Waals surface area contributed by atoms with E-state index < -0.39 is 0 Å². The molecule has 0 bridgehead atoms. The van der Waals surface area contributed by atoms with E-state index in [9.17, 15) is 0 Å². The Labute approximate surface area is 126 Å². The summed E-state index contributed by atoms with van der Waals surface area (Å²) < 4.78 is 2.34. The number of rotatable bonds is 4. The molecule has 0 saturated heterocycles. The van der Waals surface area contributed by atoms with E-state index in [1.165, 1.54) is 33.2 Å². The molecule has 0 aliphatic rings. The van der Waals surface area contributed by atoms with E-state index in [4.69, 9.17) is 5.73 Å². The lowest BCUT2D eigenvalue weighted by molar-refractivity contribution is 0.826. The topological polar surface area (TPSA) is 30.9 Å². The van der Waals surface area contributed by atoms with Crippen molar-refractivity contribution in [2.75, 3.05) is 6.54 Å². The second-order valence-corrected chi connectivity index (χ2v) is 5.76. The molecule has 0 fully saturated rings. The van der Waals surface area contributed by atoms with E-state index in [2.05, 4.69) is 67.1 Å². The lowest BCUT2D eigenvalue weighted by atomic mass is 10.1. The second-order valence-electron chi connectivity index (χ2n) is 5.76. The molecule has 0 radical (unpaired) electrons. The SMILES string of the molecule is Cc1ccc(Cn2ccc3cccc(CCN)c32)cc1C. The number of hydrogen-bond donors (Lipinski definition) is 1. The predicted octanol–water partition coefficient (Wildman–Crippen LogP) is 3.81. The third kappa shape index (κ3) is 2.72. The zero-order valence-electron chi connectivity index (χ0n) is 12.8. The molecule has 3 aromatic rings. The van der Waals surface area contributed by atoms with Crippen LogP contribution in [0.5, 0.6) is 0 Å². The van der Waals surface area contributed by atoms with Crippen molar-refractivity contribution in [1.29, 1.82) is 0 Å². The zero-order valence-corrected chi connectivity index (χ0v) is 12.8. The minimum atomic E-state index is 0.688. The largest absolute Gasteiger partial charge is 0.343 e. The third-order valence-electron chi connectivity index (χ3n) is 4.21. The molecule has 2 nitrogen and oxygen atoms in total. The van der Waals surface area contributed by atoms with Gasteiger partial charge in [-0.05, 0) is 60.5 Å². The average Bonchev–Trinajstić information content (AvgIpc) is 2.88. The summed E-state index contributed by atoms with van der Waals surface area (Å²) in [6.07, 6.45) is 3.11. The molecule has 0 aliphatic heterocycles. The normalized spacial score (nSPS) is 11.2. The molecule has 0 spiro atoms. The number of para-hydroxylation sites is 1. The molecule has 2 aromatic carbocycles. The summed E-state index contributed by atoms with van der Waals surface area (Å²) in [5, 5.41) is 1.30. The fraction of sp³-hybridized carbons (Fsp3) is 0.263. The summed E-state index contributed by atoms with van der Waals surface area (Å²) in [5.41, 5.74) is 12.5.